The summed E-state index contributed by atoms with van der Waals surface area (Å²) in [4.78, 5) is 6.54. The third kappa shape index (κ3) is 68.5. The summed E-state index contributed by atoms with van der Waals surface area (Å²) in [5.74, 6) is 0. The third-order valence-corrected chi connectivity index (χ3v) is 10.8. The molecule has 0 aliphatic carbocycles. The zero-order valence-electron chi connectivity index (χ0n) is 37.0. The SMILES string of the molecule is CN(P(OCC(F)(F)F)OCC(F)(F)F)P(OCC(F)(F)F)OCC(F)(F)F.CN(P(OCC(F)(F)F)OCC(F)(F)F)P(OCC(F)(F)F)OCC(F)(F)F.[C-]#[N+]C(C)(C)C.[C-]#[N+]C(C)(C)C.[Cl-].[Cl-].[Rh].[Rh]. The Bertz CT molecular complexity index is 1210. The van der Waals surface area contributed by atoms with Gasteiger partial charge >= 0.3 is 49.4 Å². The van der Waals surface area contributed by atoms with Crippen LogP contribution in [0.1, 0.15) is 41.5 Å². The number of hydrogen-bond donors (Lipinski definition) is 0. The Kier molecular flexibility index (Phi) is 47.1. The molecule has 0 spiro atoms. The Morgan fingerprint density at radius 1 is 0.306 bits per heavy atom. The van der Waals surface area contributed by atoms with Crippen LogP contribution in [-0.4, -0.2) is 136 Å². The summed E-state index contributed by atoms with van der Waals surface area (Å²) >= 11 is 0. The van der Waals surface area contributed by atoms with E-state index in [1.165, 1.54) is 0 Å². The first kappa shape index (κ1) is 89.0. The van der Waals surface area contributed by atoms with E-state index in [1.807, 2.05) is 41.5 Å². The van der Waals surface area contributed by atoms with Gasteiger partial charge in [-0.05, 0) is 0 Å². The molecule has 0 saturated heterocycles. The fraction of sp³-hybridized carbons (Fsp3) is 0.929. The maximum absolute atomic E-state index is 12.2. The molecule has 442 valence electrons. The summed E-state index contributed by atoms with van der Waals surface area (Å²) < 4.78 is 325. The first-order chi connectivity index (χ1) is 29.7. The monoisotopic (exact) mass is 1420 g/mol. The van der Waals surface area contributed by atoms with Crippen molar-refractivity contribution in [2.75, 3.05) is 67.0 Å². The molecule has 0 aliphatic rings. The van der Waals surface area contributed by atoms with Gasteiger partial charge in [-0.3, -0.25) is 0 Å². The molecule has 0 atom stereocenters. The van der Waals surface area contributed by atoms with E-state index in [2.05, 4.69) is 45.9 Å². The third-order valence-electron chi connectivity index (χ3n) is 4.33. The van der Waals surface area contributed by atoms with E-state index in [-0.39, 0.29) is 83.7 Å². The first-order valence-electron chi connectivity index (χ1n) is 16.7. The number of rotatable bonds is 20. The van der Waals surface area contributed by atoms with Crippen molar-refractivity contribution < 1.29 is 205 Å². The Labute approximate surface area is 438 Å². The minimum absolute atomic E-state index is 0. The minimum Gasteiger partial charge on any atom is -1.00 e. The smallest absolute Gasteiger partial charge is 0.412 e. The summed E-state index contributed by atoms with van der Waals surface area (Å²) in [6.45, 7) is 6.76. The summed E-state index contributed by atoms with van der Waals surface area (Å²) in [5.41, 5.74) is -0.333. The van der Waals surface area contributed by atoms with Crippen molar-refractivity contribution >= 4 is 34.1 Å². The van der Waals surface area contributed by atoms with Gasteiger partial charge in [-0.25, -0.2) is 13.1 Å². The van der Waals surface area contributed by atoms with E-state index in [9.17, 15) is 105 Å². The number of hydrogen-bond acceptors (Lipinski definition) is 10. The van der Waals surface area contributed by atoms with Gasteiger partial charge in [0.1, 0.15) is 0 Å². The Morgan fingerprint density at radius 2 is 0.389 bits per heavy atom. The van der Waals surface area contributed by atoms with Gasteiger partial charge in [-0.2, -0.15) is 114 Å². The fourth-order valence-electron chi connectivity index (χ4n) is 1.96. The molecular weight excluding hydrogens is 1380 g/mol. The van der Waals surface area contributed by atoms with Gasteiger partial charge in [-0.1, -0.05) is 0 Å². The van der Waals surface area contributed by atoms with Crippen LogP contribution >= 0.6 is 34.1 Å². The van der Waals surface area contributed by atoms with Crippen LogP contribution in [0.5, 0.6) is 0 Å². The molecule has 0 fully saturated rings. The van der Waals surface area contributed by atoms with Crippen molar-refractivity contribution in [3.05, 3.63) is 22.8 Å². The maximum Gasteiger partial charge on any atom is 0.412 e. The normalized spacial score (nSPS) is 13.1. The largest absolute Gasteiger partial charge is 1.00 e. The van der Waals surface area contributed by atoms with Crippen molar-refractivity contribution in [2.45, 2.75) is 102 Å². The van der Waals surface area contributed by atoms with Gasteiger partial charge < -0.3 is 70.7 Å². The van der Waals surface area contributed by atoms with Gasteiger partial charge in [0.05, 0.1) is 0 Å². The molecule has 0 aliphatic heterocycles. The number of alkyl halides is 24. The van der Waals surface area contributed by atoms with Crippen LogP contribution in [-0.2, 0) is 75.1 Å². The van der Waals surface area contributed by atoms with Crippen molar-refractivity contribution in [3.8, 4) is 0 Å². The molecule has 0 unspecified atom stereocenters. The standard InChI is InChI=1S/2C9H11F12NO4P2.2C5H9N.2ClH.2Rh/c2*1-22(27(23-2-6(10,11)12)24-3-7(13,14)15)28(25-4-8(16,17)18)26-5-9(19,20)21;2*1-5(2,3)6-4;;;;/h2*2-5H2,1H3;2*1-3H3;2*1H;;/p-2. The second-order valence-electron chi connectivity index (χ2n) is 13.6. The van der Waals surface area contributed by atoms with Crippen LogP contribution < -0.4 is 24.8 Å². The summed E-state index contributed by atoms with van der Waals surface area (Å²) in [7, 11) is -12.7. The van der Waals surface area contributed by atoms with E-state index in [0.29, 0.717) is 14.1 Å². The van der Waals surface area contributed by atoms with Gasteiger partial charge in [0, 0.05) is 94.6 Å². The molecular formula is C28H40Cl2F24N4O8P4Rh2-2. The van der Waals surface area contributed by atoms with Gasteiger partial charge in [-0.15, -0.1) is 0 Å². The molecule has 12 nitrogen and oxygen atoms in total. The minimum atomic E-state index is -5.08. The van der Waals surface area contributed by atoms with Crippen molar-refractivity contribution in [1.29, 1.82) is 0 Å². The molecule has 0 saturated carbocycles. The second kappa shape index (κ2) is 38.1. The zero-order valence-corrected chi connectivity index (χ0v) is 45.4. The van der Waals surface area contributed by atoms with Crippen molar-refractivity contribution in [1.82, 2.24) is 8.88 Å². The Morgan fingerprint density at radius 3 is 0.444 bits per heavy atom. The Balaban J connectivity index is -0.000000147. The molecule has 0 rings (SSSR count). The maximum atomic E-state index is 12.2. The van der Waals surface area contributed by atoms with Crippen LogP contribution in [0.15, 0.2) is 0 Å². The van der Waals surface area contributed by atoms with Crippen LogP contribution in [0.25, 0.3) is 9.69 Å². The quantitative estimate of drug-likeness (QED) is 0.0511. The molecule has 0 aromatic heterocycles. The van der Waals surface area contributed by atoms with E-state index in [4.69, 9.17) is 13.1 Å². The molecule has 0 N–H and O–H groups in total. The molecule has 0 amide bonds. The molecule has 2 radical (unpaired) electrons. The average Bonchev–Trinajstić information content (AvgIpc) is 3.08. The van der Waals surface area contributed by atoms with Crippen LogP contribution in [0.3, 0.4) is 0 Å². The van der Waals surface area contributed by atoms with E-state index in [0.717, 1.165) is 0 Å². The molecule has 44 heteroatoms. The summed E-state index contributed by atoms with van der Waals surface area (Å²) in [6.07, 6.45) is -40.6. The molecule has 0 aromatic carbocycles. The van der Waals surface area contributed by atoms with E-state index in [1.54, 1.807) is 0 Å². The average molecular weight is 1420 g/mol. The molecule has 72 heavy (non-hydrogen) atoms. The fourth-order valence-corrected chi connectivity index (χ4v) is 7.85. The predicted octanol–water partition coefficient (Wildman–Crippen LogP) is 8.79. The summed E-state index contributed by atoms with van der Waals surface area (Å²) in [5, 5.41) is 0. The molecule has 0 bridgehead atoms. The topological polar surface area (TPSA) is 89.0 Å². The van der Waals surface area contributed by atoms with Gasteiger partial charge in [0.15, 0.2) is 52.9 Å². The number of nitrogens with zero attached hydrogens (tertiary/aromatic N) is 4. The van der Waals surface area contributed by atoms with Gasteiger partial charge in [0.25, 0.3) is 34.1 Å². The van der Waals surface area contributed by atoms with Gasteiger partial charge in [0.2, 0.25) is 11.1 Å². The number of halogens is 26. The summed E-state index contributed by atoms with van der Waals surface area (Å²) in [6, 6.07) is 0. The Hall–Kier alpha value is 0.447. The predicted molar refractivity (Wildman–Crippen MR) is 192 cm³/mol. The second-order valence-corrected chi connectivity index (χ2v) is 20.6. The van der Waals surface area contributed by atoms with E-state index < -0.39 is 136 Å². The van der Waals surface area contributed by atoms with Crippen molar-refractivity contribution in [3.63, 3.8) is 0 Å². The molecule has 0 aromatic rings. The van der Waals surface area contributed by atoms with E-state index >= 15 is 0 Å². The van der Waals surface area contributed by atoms with Crippen LogP contribution in [0.4, 0.5) is 105 Å². The van der Waals surface area contributed by atoms with Crippen LogP contribution in [0, 0.1) is 13.1 Å². The molecule has 0 heterocycles. The first-order valence-corrected chi connectivity index (χ1v) is 21.2. The van der Waals surface area contributed by atoms with Crippen molar-refractivity contribution in [2.24, 2.45) is 0 Å². The zero-order chi connectivity index (χ0) is 55.2. The van der Waals surface area contributed by atoms with Crippen LogP contribution in [0.2, 0.25) is 0 Å².